The van der Waals surface area contributed by atoms with E-state index < -0.39 is 6.09 Å². The van der Waals surface area contributed by atoms with E-state index in [1.54, 1.807) is 6.20 Å². The lowest BCUT2D eigenvalue weighted by Gasteiger charge is -2.07. The molecule has 1 amide bonds. The van der Waals surface area contributed by atoms with E-state index in [2.05, 4.69) is 16.4 Å². The molecule has 0 saturated heterocycles. The summed E-state index contributed by atoms with van der Waals surface area (Å²) in [5, 5.41) is 10.8. The molecule has 0 bridgehead atoms. The Labute approximate surface area is 130 Å². The summed E-state index contributed by atoms with van der Waals surface area (Å²) in [7, 11) is 0. The number of hydrogen-bond donors (Lipinski definition) is 2. The first-order valence-electron chi connectivity index (χ1n) is 7.31. The van der Waals surface area contributed by atoms with Crippen LogP contribution in [0.5, 0.6) is 5.75 Å². The van der Waals surface area contributed by atoms with Crippen molar-refractivity contribution in [3.63, 3.8) is 0 Å². The van der Waals surface area contributed by atoms with Gasteiger partial charge in [-0.15, -0.1) is 0 Å². The number of benzene rings is 1. The van der Waals surface area contributed by atoms with Gasteiger partial charge in [0.05, 0.1) is 6.61 Å². The van der Waals surface area contributed by atoms with Crippen LogP contribution in [-0.2, 0) is 12.8 Å². The molecule has 0 atom stereocenters. The molecule has 0 aliphatic heterocycles. The van der Waals surface area contributed by atoms with E-state index in [1.165, 1.54) is 5.56 Å². The first-order chi connectivity index (χ1) is 10.7. The minimum absolute atomic E-state index is 0.417. The van der Waals surface area contributed by atoms with E-state index in [0.29, 0.717) is 19.6 Å². The Bertz CT molecular complexity index is 570. The van der Waals surface area contributed by atoms with Crippen molar-refractivity contribution < 1.29 is 14.6 Å². The lowest BCUT2D eigenvalue weighted by atomic mass is 10.1. The maximum atomic E-state index is 10.4. The third-order valence-corrected chi connectivity index (χ3v) is 3.21. The van der Waals surface area contributed by atoms with Crippen LogP contribution in [0.4, 0.5) is 4.79 Å². The van der Waals surface area contributed by atoms with E-state index in [4.69, 9.17) is 9.84 Å². The summed E-state index contributed by atoms with van der Waals surface area (Å²) in [6.07, 6.45) is 5.22. The van der Waals surface area contributed by atoms with Crippen LogP contribution in [0.15, 0.2) is 48.8 Å². The number of ether oxygens (including phenoxy) is 1. The number of carboxylic acid groups (broad SMARTS) is 1. The molecule has 0 radical (unpaired) electrons. The number of hydrogen-bond acceptors (Lipinski definition) is 3. The number of rotatable bonds is 8. The van der Waals surface area contributed by atoms with Crippen molar-refractivity contribution in [1.82, 2.24) is 10.3 Å². The summed E-state index contributed by atoms with van der Waals surface area (Å²) in [6, 6.07) is 11.8. The van der Waals surface area contributed by atoms with Gasteiger partial charge in [0.2, 0.25) is 0 Å². The van der Waals surface area contributed by atoms with Crippen molar-refractivity contribution in [2.45, 2.75) is 19.3 Å². The van der Waals surface area contributed by atoms with Crippen LogP contribution in [0.2, 0.25) is 0 Å². The molecule has 5 heteroatoms. The second kappa shape index (κ2) is 8.67. The minimum Gasteiger partial charge on any atom is -0.494 e. The van der Waals surface area contributed by atoms with Gasteiger partial charge in [0.15, 0.2) is 0 Å². The zero-order chi connectivity index (χ0) is 15.6. The quantitative estimate of drug-likeness (QED) is 0.735. The van der Waals surface area contributed by atoms with Crippen molar-refractivity contribution in [1.29, 1.82) is 0 Å². The van der Waals surface area contributed by atoms with Crippen molar-refractivity contribution in [2.75, 3.05) is 13.2 Å². The van der Waals surface area contributed by atoms with Crippen LogP contribution in [0.3, 0.4) is 0 Å². The second-order valence-corrected chi connectivity index (χ2v) is 4.94. The van der Waals surface area contributed by atoms with Crippen molar-refractivity contribution in [2.24, 2.45) is 0 Å². The Morgan fingerprint density at radius 1 is 1.14 bits per heavy atom. The van der Waals surface area contributed by atoms with Gasteiger partial charge in [0, 0.05) is 18.9 Å². The number of nitrogens with one attached hydrogen (secondary N) is 1. The molecule has 0 aliphatic rings. The molecule has 0 unspecified atom stereocenters. The second-order valence-electron chi connectivity index (χ2n) is 4.94. The zero-order valence-electron chi connectivity index (χ0n) is 12.4. The molecule has 2 N–H and O–H groups in total. The fraction of sp³-hybridized carbons (Fsp3) is 0.294. The highest BCUT2D eigenvalue weighted by Crippen LogP contribution is 2.13. The highest BCUT2D eigenvalue weighted by Gasteiger charge is 1.99. The third-order valence-electron chi connectivity index (χ3n) is 3.21. The molecule has 2 aromatic rings. The predicted octanol–water partition coefficient (Wildman–Crippen LogP) is 2.90. The summed E-state index contributed by atoms with van der Waals surface area (Å²) in [4.78, 5) is 14.4. The van der Waals surface area contributed by atoms with Gasteiger partial charge in [-0.1, -0.05) is 18.2 Å². The summed E-state index contributed by atoms with van der Waals surface area (Å²) >= 11 is 0. The molecule has 1 aromatic carbocycles. The molecule has 5 nitrogen and oxygen atoms in total. The van der Waals surface area contributed by atoms with Crippen LogP contribution in [0, 0.1) is 0 Å². The fourth-order valence-corrected chi connectivity index (χ4v) is 2.08. The average molecular weight is 300 g/mol. The number of aromatic nitrogens is 1. The molecule has 0 aliphatic carbocycles. The molecule has 0 saturated carbocycles. The monoisotopic (exact) mass is 300 g/mol. The van der Waals surface area contributed by atoms with Gasteiger partial charge in [-0.2, -0.15) is 0 Å². The third kappa shape index (κ3) is 5.83. The molecule has 22 heavy (non-hydrogen) atoms. The van der Waals surface area contributed by atoms with Gasteiger partial charge in [-0.3, -0.25) is 4.98 Å². The number of pyridine rings is 1. The topological polar surface area (TPSA) is 71.5 Å². The van der Waals surface area contributed by atoms with Crippen LogP contribution in [0.1, 0.15) is 17.5 Å². The largest absolute Gasteiger partial charge is 0.494 e. The Morgan fingerprint density at radius 3 is 2.64 bits per heavy atom. The lowest BCUT2D eigenvalue weighted by Crippen LogP contribution is -2.23. The fourth-order valence-electron chi connectivity index (χ4n) is 2.08. The Kier molecular flexibility index (Phi) is 6.23. The van der Waals surface area contributed by atoms with E-state index in [9.17, 15) is 4.79 Å². The molecule has 0 spiro atoms. The summed E-state index contributed by atoms with van der Waals surface area (Å²) < 4.78 is 5.70. The Morgan fingerprint density at radius 2 is 1.95 bits per heavy atom. The number of amides is 1. The highest BCUT2D eigenvalue weighted by molar-refractivity contribution is 5.64. The van der Waals surface area contributed by atoms with Crippen molar-refractivity contribution >= 4 is 6.09 Å². The summed E-state index contributed by atoms with van der Waals surface area (Å²) in [5.41, 5.74) is 2.30. The van der Waals surface area contributed by atoms with Gasteiger partial charge in [-0.25, -0.2) is 4.79 Å². The van der Waals surface area contributed by atoms with Gasteiger partial charge in [0.1, 0.15) is 5.75 Å². The predicted molar refractivity (Wildman–Crippen MR) is 84.2 cm³/mol. The Balaban J connectivity index is 1.67. The van der Waals surface area contributed by atoms with E-state index in [1.807, 2.05) is 36.5 Å². The van der Waals surface area contributed by atoms with Gasteiger partial charge >= 0.3 is 6.09 Å². The van der Waals surface area contributed by atoms with Gasteiger partial charge in [-0.05, 0) is 48.6 Å². The lowest BCUT2D eigenvalue weighted by molar-refractivity contribution is 0.194. The van der Waals surface area contributed by atoms with Crippen molar-refractivity contribution in [3.05, 3.63) is 59.9 Å². The Hall–Kier alpha value is -2.56. The smallest absolute Gasteiger partial charge is 0.404 e. The maximum absolute atomic E-state index is 10.4. The van der Waals surface area contributed by atoms with Gasteiger partial charge in [0.25, 0.3) is 0 Å². The molecule has 116 valence electrons. The zero-order valence-corrected chi connectivity index (χ0v) is 12.4. The number of nitrogens with zero attached hydrogens (tertiary/aromatic N) is 1. The van der Waals surface area contributed by atoms with Gasteiger partial charge < -0.3 is 15.2 Å². The molecule has 2 rings (SSSR count). The van der Waals surface area contributed by atoms with E-state index in [0.717, 1.165) is 24.2 Å². The molecular weight excluding hydrogens is 280 g/mol. The first-order valence-corrected chi connectivity index (χ1v) is 7.31. The minimum atomic E-state index is -0.992. The average Bonchev–Trinajstić information content (AvgIpc) is 2.54. The normalized spacial score (nSPS) is 10.2. The highest BCUT2D eigenvalue weighted by atomic mass is 16.5. The molecular formula is C17H20N2O3. The first kappa shape index (κ1) is 15.8. The summed E-state index contributed by atoms with van der Waals surface area (Å²) in [5.74, 6) is 0.834. The number of aryl methyl sites for hydroxylation is 1. The summed E-state index contributed by atoms with van der Waals surface area (Å²) in [6.45, 7) is 1.08. The van der Waals surface area contributed by atoms with Crippen molar-refractivity contribution in [3.8, 4) is 5.75 Å². The van der Waals surface area contributed by atoms with Crippen LogP contribution >= 0.6 is 0 Å². The molecule has 0 fully saturated rings. The van der Waals surface area contributed by atoms with Crippen LogP contribution in [-0.4, -0.2) is 29.3 Å². The van der Waals surface area contributed by atoms with Crippen LogP contribution in [0.25, 0.3) is 0 Å². The number of carbonyl (C=O) groups is 1. The van der Waals surface area contributed by atoms with E-state index in [-0.39, 0.29) is 0 Å². The molecule has 1 heterocycles. The SMILES string of the molecule is O=C(O)NCCc1ccc(OCCCc2cccnc2)cc1. The van der Waals surface area contributed by atoms with E-state index >= 15 is 0 Å². The standard InChI is InChI=1S/C17H20N2O3/c20-17(21)19-11-9-14-5-7-16(8-6-14)22-12-2-4-15-3-1-10-18-13-15/h1,3,5-8,10,13,19H,2,4,9,11-12H2,(H,20,21). The molecule has 1 aromatic heterocycles. The maximum Gasteiger partial charge on any atom is 0.404 e. The van der Waals surface area contributed by atoms with Crippen LogP contribution < -0.4 is 10.1 Å².